The minimum absolute atomic E-state index is 0.0121. The number of rotatable bonds is 4. The van der Waals surface area contributed by atoms with Gasteiger partial charge in [0, 0.05) is 17.7 Å². The molecule has 1 heterocycles. The summed E-state index contributed by atoms with van der Waals surface area (Å²) in [5.74, 6) is -1.22. The highest BCUT2D eigenvalue weighted by atomic mass is 35.5. The number of carbonyl (C=O) groups excluding carboxylic acids is 2. The highest BCUT2D eigenvalue weighted by Crippen LogP contribution is 2.24. The van der Waals surface area contributed by atoms with Crippen LogP contribution in [-0.2, 0) is 9.59 Å². The molecule has 0 aliphatic carbocycles. The second kappa shape index (κ2) is 6.69. The van der Waals surface area contributed by atoms with Crippen LogP contribution >= 0.6 is 23.2 Å². The van der Waals surface area contributed by atoms with Gasteiger partial charge in [0.25, 0.3) is 0 Å². The zero-order valence-electron chi connectivity index (χ0n) is 11.1. The summed E-state index contributed by atoms with van der Waals surface area (Å²) < 4.78 is 0. The maximum Gasteiger partial charge on any atom is 0.249 e. The Hall–Kier alpha value is -1.92. The standard InChI is InChI=1S/C13H12Cl2N4O2/c1-7-9(13(21)19-17-7)5-11(20)18-16-6-8-3-2-4-10(14)12(8)15/h2-4,6,9H,5H2,1H3,(H,18,20)(H,19,21)/b16-6-/t9-/m1/s1. The molecule has 1 aliphatic rings. The maximum absolute atomic E-state index is 11.7. The van der Waals surface area contributed by atoms with E-state index in [1.54, 1.807) is 25.1 Å². The van der Waals surface area contributed by atoms with Crippen molar-refractivity contribution in [1.29, 1.82) is 0 Å². The first-order valence-corrected chi connectivity index (χ1v) is 6.84. The van der Waals surface area contributed by atoms with Crippen molar-refractivity contribution in [3.8, 4) is 0 Å². The highest BCUT2D eigenvalue weighted by Gasteiger charge is 2.28. The predicted octanol–water partition coefficient (Wildman–Crippen LogP) is 1.96. The second-order valence-corrected chi connectivity index (χ2v) is 5.21. The van der Waals surface area contributed by atoms with Gasteiger partial charge < -0.3 is 0 Å². The van der Waals surface area contributed by atoms with Crippen molar-refractivity contribution >= 4 is 46.9 Å². The van der Waals surface area contributed by atoms with Gasteiger partial charge in [-0.3, -0.25) is 9.59 Å². The second-order valence-electron chi connectivity index (χ2n) is 4.42. The minimum atomic E-state index is -0.546. The molecule has 2 amide bonds. The fourth-order valence-corrected chi connectivity index (χ4v) is 2.11. The summed E-state index contributed by atoms with van der Waals surface area (Å²) in [6.45, 7) is 1.69. The Morgan fingerprint density at radius 2 is 2.29 bits per heavy atom. The summed E-state index contributed by atoms with van der Waals surface area (Å²) in [5, 5.41) is 8.32. The van der Waals surface area contributed by atoms with Crippen LogP contribution < -0.4 is 10.9 Å². The zero-order valence-corrected chi connectivity index (χ0v) is 12.6. The zero-order chi connectivity index (χ0) is 15.4. The van der Waals surface area contributed by atoms with Crippen LogP contribution in [0.3, 0.4) is 0 Å². The topological polar surface area (TPSA) is 82.9 Å². The number of hydrogen-bond acceptors (Lipinski definition) is 4. The molecular weight excluding hydrogens is 315 g/mol. The van der Waals surface area contributed by atoms with Crippen LogP contribution in [0.4, 0.5) is 0 Å². The van der Waals surface area contributed by atoms with Crippen LogP contribution in [0.5, 0.6) is 0 Å². The average molecular weight is 327 g/mol. The van der Waals surface area contributed by atoms with E-state index in [4.69, 9.17) is 23.2 Å². The summed E-state index contributed by atoms with van der Waals surface area (Å²) in [6, 6.07) is 5.09. The first-order chi connectivity index (χ1) is 9.99. The number of halogens is 2. The Kier molecular flexibility index (Phi) is 4.93. The fraction of sp³-hybridized carbons (Fsp3) is 0.231. The predicted molar refractivity (Wildman–Crippen MR) is 81.6 cm³/mol. The molecular formula is C13H12Cl2N4O2. The number of amides is 2. The lowest BCUT2D eigenvalue weighted by atomic mass is 10.0. The van der Waals surface area contributed by atoms with Crippen LogP contribution in [0.15, 0.2) is 28.4 Å². The lowest BCUT2D eigenvalue weighted by Gasteiger charge is -2.05. The molecule has 0 aromatic heterocycles. The Labute approximate surface area is 131 Å². The van der Waals surface area contributed by atoms with Crippen LogP contribution in [0.2, 0.25) is 10.0 Å². The van der Waals surface area contributed by atoms with Crippen molar-refractivity contribution in [2.45, 2.75) is 13.3 Å². The maximum atomic E-state index is 11.7. The average Bonchev–Trinajstić information content (AvgIpc) is 2.75. The molecule has 0 unspecified atom stereocenters. The molecule has 110 valence electrons. The quantitative estimate of drug-likeness (QED) is 0.654. The molecule has 1 aliphatic heterocycles. The normalized spacial score (nSPS) is 17.8. The summed E-state index contributed by atoms with van der Waals surface area (Å²) in [4.78, 5) is 23.1. The van der Waals surface area contributed by atoms with E-state index in [-0.39, 0.29) is 18.2 Å². The van der Waals surface area contributed by atoms with Gasteiger partial charge in [0.2, 0.25) is 11.8 Å². The Balaban J connectivity index is 1.92. The van der Waals surface area contributed by atoms with Gasteiger partial charge in [-0.2, -0.15) is 10.2 Å². The molecule has 21 heavy (non-hydrogen) atoms. The third-order valence-electron chi connectivity index (χ3n) is 2.93. The van der Waals surface area contributed by atoms with Crippen LogP contribution in [0, 0.1) is 5.92 Å². The van der Waals surface area contributed by atoms with Gasteiger partial charge in [-0.15, -0.1) is 0 Å². The van der Waals surface area contributed by atoms with Crippen molar-refractivity contribution in [2.24, 2.45) is 16.1 Å². The fourth-order valence-electron chi connectivity index (χ4n) is 1.75. The first kappa shape index (κ1) is 15.5. The molecule has 0 fully saturated rings. The largest absolute Gasteiger partial charge is 0.273 e. The lowest BCUT2D eigenvalue weighted by Crippen LogP contribution is -2.29. The van der Waals surface area contributed by atoms with E-state index in [1.807, 2.05) is 0 Å². The van der Waals surface area contributed by atoms with E-state index >= 15 is 0 Å². The van der Waals surface area contributed by atoms with Crippen molar-refractivity contribution < 1.29 is 9.59 Å². The first-order valence-electron chi connectivity index (χ1n) is 6.09. The molecule has 6 nitrogen and oxygen atoms in total. The number of hydrazone groups is 2. The van der Waals surface area contributed by atoms with Crippen LogP contribution in [-0.4, -0.2) is 23.7 Å². The third kappa shape index (κ3) is 3.80. The van der Waals surface area contributed by atoms with E-state index in [0.29, 0.717) is 21.3 Å². The molecule has 8 heteroatoms. The van der Waals surface area contributed by atoms with E-state index < -0.39 is 5.92 Å². The van der Waals surface area contributed by atoms with Gasteiger partial charge in [-0.1, -0.05) is 35.3 Å². The van der Waals surface area contributed by atoms with Gasteiger partial charge in [0.05, 0.1) is 22.2 Å². The number of carbonyl (C=O) groups is 2. The Morgan fingerprint density at radius 3 is 2.95 bits per heavy atom. The number of benzene rings is 1. The molecule has 0 saturated heterocycles. The smallest absolute Gasteiger partial charge is 0.249 e. The van der Waals surface area contributed by atoms with Gasteiger partial charge >= 0.3 is 0 Å². The molecule has 0 spiro atoms. The molecule has 2 N–H and O–H groups in total. The molecule has 1 atom stereocenters. The summed E-state index contributed by atoms with van der Waals surface area (Å²) in [6.07, 6.45) is 1.38. The molecule has 0 saturated carbocycles. The van der Waals surface area contributed by atoms with Crippen molar-refractivity contribution in [1.82, 2.24) is 10.9 Å². The Bertz CT molecular complexity index is 643. The highest BCUT2D eigenvalue weighted by molar-refractivity contribution is 6.43. The summed E-state index contributed by atoms with van der Waals surface area (Å²) in [7, 11) is 0. The van der Waals surface area contributed by atoms with Crippen molar-refractivity contribution in [3.05, 3.63) is 33.8 Å². The monoisotopic (exact) mass is 326 g/mol. The Morgan fingerprint density at radius 1 is 1.52 bits per heavy atom. The molecule has 2 rings (SSSR count). The van der Waals surface area contributed by atoms with E-state index in [1.165, 1.54) is 6.21 Å². The van der Waals surface area contributed by atoms with Gasteiger partial charge in [0.1, 0.15) is 0 Å². The van der Waals surface area contributed by atoms with Crippen LogP contribution in [0.25, 0.3) is 0 Å². The van der Waals surface area contributed by atoms with E-state index in [9.17, 15) is 9.59 Å². The van der Waals surface area contributed by atoms with Crippen LogP contribution in [0.1, 0.15) is 18.9 Å². The number of nitrogens with one attached hydrogen (secondary N) is 2. The molecule has 1 aromatic rings. The van der Waals surface area contributed by atoms with Crippen molar-refractivity contribution in [2.75, 3.05) is 0 Å². The number of hydrogen-bond donors (Lipinski definition) is 2. The summed E-state index contributed by atoms with van der Waals surface area (Å²) in [5.41, 5.74) is 5.82. The minimum Gasteiger partial charge on any atom is -0.273 e. The summed E-state index contributed by atoms with van der Waals surface area (Å²) >= 11 is 11.8. The van der Waals surface area contributed by atoms with Gasteiger partial charge in [-0.05, 0) is 13.0 Å². The SMILES string of the molecule is CC1=NNC(=O)[C@@H]1CC(=O)N/N=C\c1cccc(Cl)c1Cl. The molecule has 1 aromatic carbocycles. The third-order valence-corrected chi connectivity index (χ3v) is 3.76. The molecule has 0 radical (unpaired) electrons. The van der Waals surface area contributed by atoms with Crippen molar-refractivity contribution in [3.63, 3.8) is 0 Å². The molecule has 0 bridgehead atoms. The van der Waals surface area contributed by atoms with Gasteiger partial charge in [0.15, 0.2) is 0 Å². The van der Waals surface area contributed by atoms with Gasteiger partial charge in [-0.25, -0.2) is 10.9 Å². The number of nitrogens with zero attached hydrogens (tertiary/aromatic N) is 2. The van der Waals surface area contributed by atoms with E-state index in [0.717, 1.165) is 0 Å². The van der Waals surface area contributed by atoms with E-state index in [2.05, 4.69) is 21.1 Å². The lowest BCUT2D eigenvalue weighted by molar-refractivity contribution is -0.127.